The normalized spacial score (nSPS) is 14.9. The van der Waals surface area contributed by atoms with Gasteiger partial charge in [0.05, 0.1) is 22.1 Å². The van der Waals surface area contributed by atoms with Crippen LogP contribution in [0.3, 0.4) is 0 Å². The first-order chi connectivity index (χ1) is 15.5. The van der Waals surface area contributed by atoms with Crippen LogP contribution in [0, 0.1) is 22.7 Å². The van der Waals surface area contributed by atoms with Gasteiger partial charge in [0.1, 0.15) is 11.9 Å². The summed E-state index contributed by atoms with van der Waals surface area (Å²) in [5, 5.41) is 21.1. The van der Waals surface area contributed by atoms with Crippen LogP contribution in [0.4, 0.5) is 5.82 Å². The quantitative estimate of drug-likeness (QED) is 0.643. The smallest absolute Gasteiger partial charge is 0.243 e. The number of hydrogen-bond acceptors (Lipinski definition) is 6. The predicted molar refractivity (Wildman–Crippen MR) is 121 cm³/mol. The van der Waals surface area contributed by atoms with Crippen LogP contribution in [0.25, 0.3) is 11.1 Å². The minimum Gasteiger partial charge on any atom is -0.367 e. The van der Waals surface area contributed by atoms with Crippen molar-refractivity contribution in [1.29, 1.82) is 10.5 Å². The molecule has 2 aromatic carbocycles. The molecule has 0 amide bonds. The van der Waals surface area contributed by atoms with Gasteiger partial charge in [-0.05, 0) is 60.4 Å². The second-order valence-corrected chi connectivity index (χ2v) is 9.52. The van der Waals surface area contributed by atoms with E-state index in [-0.39, 0.29) is 10.9 Å². The molecule has 2 heterocycles. The zero-order valence-corrected chi connectivity index (χ0v) is 18.1. The molecule has 1 N–H and O–H groups in total. The van der Waals surface area contributed by atoms with E-state index in [1.807, 2.05) is 18.2 Å². The summed E-state index contributed by atoms with van der Waals surface area (Å²) in [7, 11) is -3.57. The number of aromatic nitrogens is 1. The number of piperidine rings is 1. The molecule has 1 aliphatic rings. The van der Waals surface area contributed by atoms with Crippen molar-refractivity contribution < 1.29 is 8.42 Å². The molecule has 7 nitrogen and oxygen atoms in total. The summed E-state index contributed by atoms with van der Waals surface area (Å²) in [6.45, 7) is 0.849. The molecule has 0 radical (unpaired) electrons. The average molecular weight is 444 g/mol. The predicted octanol–water partition coefficient (Wildman–Crippen LogP) is 3.76. The highest BCUT2D eigenvalue weighted by Gasteiger charge is 2.29. The summed E-state index contributed by atoms with van der Waals surface area (Å²) in [6.07, 6.45) is 2.86. The maximum Gasteiger partial charge on any atom is 0.243 e. The highest BCUT2D eigenvalue weighted by molar-refractivity contribution is 7.89. The van der Waals surface area contributed by atoms with E-state index in [1.54, 1.807) is 48.5 Å². The molecular formula is C24H21N5O2S. The van der Waals surface area contributed by atoms with E-state index in [0.717, 1.165) is 11.1 Å². The Morgan fingerprint density at radius 3 is 1.94 bits per heavy atom. The molecule has 3 aromatic rings. The fraction of sp³-hybridized carbons (Fsp3) is 0.208. The molecule has 32 heavy (non-hydrogen) atoms. The lowest BCUT2D eigenvalue weighted by Gasteiger charge is -2.31. The zero-order chi connectivity index (χ0) is 22.6. The zero-order valence-electron chi connectivity index (χ0n) is 17.3. The van der Waals surface area contributed by atoms with Gasteiger partial charge in [0.15, 0.2) is 0 Å². The molecule has 1 aliphatic heterocycles. The lowest BCUT2D eigenvalue weighted by atomic mass is 10.0. The number of pyridine rings is 1. The Hall–Kier alpha value is -3.72. The maximum absolute atomic E-state index is 13.1. The second-order valence-electron chi connectivity index (χ2n) is 7.58. The molecule has 0 aliphatic carbocycles. The summed E-state index contributed by atoms with van der Waals surface area (Å²) in [5.74, 6) is 0.684. The Balaban J connectivity index is 1.39. The van der Waals surface area contributed by atoms with Crippen molar-refractivity contribution in [3.63, 3.8) is 0 Å². The van der Waals surface area contributed by atoms with Crippen LogP contribution in [0.15, 0.2) is 71.8 Å². The number of nitrogens with zero attached hydrogens (tertiary/aromatic N) is 4. The molecule has 0 atom stereocenters. The summed E-state index contributed by atoms with van der Waals surface area (Å²) in [5.41, 5.74) is 2.91. The molecule has 0 unspecified atom stereocenters. The van der Waals surface area contributed by atoms with Crippen LogP contribution in [-0.2, 0) is 10.0 Å². The minimum atomic E-state index is -3.57. The van der Waals surface area contributed by atoms with Crippen molar-refractivity contribution in [3.05, 3.63) is 78.0 Å². The van der Waals surface area contributed by atoms with Crippen molar-refractivity contribution >= 4 is 15.8 Å². The van der Waals surface area contributed by atoms with Crippen molar-refractivity contribution in [1.82, 2.24) is 9.29 Å². The molecule has 1 saturated heterocycles. The van der Waals surface area contributed by atoms with Crippen LogP contribution < -0.4 is 5.32 Å². The van der Waals surface area contributed by atoms with Crippen LogP contribution >= 0.6 is 0 Å². The number of hydrogen-bond donors (Lipinski definition) is 1. The second kappa shape index (κ2) is 9.19. The van der Waals surface area contributed by atoms with E-state index in [9.17, 15) is 8.42 Å². The first-order valence-corrected chi connectivity index (χ1v) is 11.7. The molecule has 160 valence electrons. The van der Waals surface area contributed by atoms with Gasteiger partial charge in [0.2, 0.25) is 10.0 Å². The van der Waals surface area contributed by atoms with Gasteiger partial charge in [0, 0.05) is 25.3 Å². The minimum absolute atomic E-state index is 0.126. The summed E-state index contributed by atoms with van der Waals surface area (Å²) in [6, 6.07) is 21.7. The van der Waals surface area contributed by atoms with E-state index >= 15 is 0 Å². The molecule has 0 spiro atoms. The Morgan fingerprint density at radius 1 is 0.844 bits per heavy atom. The highest BCUT2D eigenvalue weighted by Crippen LogP contribution is 2.26. The first-order valence-electron chi connectivity index (χ1n) is 10.2. The average Bonchev–Trinajstić information content (AvgIpc) is 2.85. The molecule has 1 aromatic heterocycles. The Labute approximate surface area is 187 Å². The van der Waals surface area contributed by atoms with E-state index in [4.69, 9.17) is 10.5 Å². The third-order valence-electron chi connectivity index (χ3n) is 5.54. The largest absolute Gasteiger partial charge is 0.367 e. The van der Waals surface area contributed by atoms with E-state index in [2.05, 4.69) is 16.4 Å². The monoisotopic (exact) mass is 443 g/mol. The Morgan fingerprint density at radius 2 is 1.41 bits per heavy atom. The van der Waals surface area contributed by atoms with E-state index < -0.39 is 10.0 Å². The SMILES string of the molecule is N#Cc1ccc(-c2ccc(S(=O)(=O)N3CCC(Nc4ccc(C#N)cn4)CC3)cc2)cc1. The van der Waals surface area contributed by atoms with E-state index in [1.165, 1.54) is 10.5 Å². The summed E-state index contributed by atoms with van der Waals surface area (Å²) >= 11 is 0. The number of nitrogens with one attached hydrogen (secondary N) is 1. The standard InChI is InChI=1S/C24H21N5O2S/c25-15-18-1-4-20(5-2-18)21-6-8-23(9-7-21)32(30,31)29-13-11-22(12-14-29)28-24-10-3-19(16-26)17-27-24/h1-10,17,22H,11-14H2,(H,27,28). The van der Waals surface area contributed by atoms with Gasteiger partial charge < -0.3 is 5.32 Å². The van der Waals surface area contributed by atoms with Gasteiger partial charge >= 0.3 is 0 Å². The van der Waals surface area contributed by atoms with Gasteiger partial charge in [-0.2, -0.15) is 14.8 Å². The van der Waals surface area contributed by atoms with Crippen LogP contribution in [0.1, 0.15) is 24.0 Å². The third-order valence-corrected chi connectivity index (χ3v) is 7.45. The number of anilines is 1. The van der Waals surface area contributed by atoms with Gasteiger partial charge in [-0.1, -0.05) is 24.3 Å². The topological polar surface area (TPSA) is 110 Å². The van der Waals surface area contributed by atoms with Gasteiger partial charge in [0.25, 0.3) is 0 Å². The summed E-state index contributed by atoms with van der Waals surface area (Å²) < 4.78 is 27.7. The Kier molecular flexibility index (Phi) is 6.18. The van der Waals surface area contributed by atoms with Crippen LogP contribution in [0.2, 0.25) is 0 Å². The number of benzene rings is 2. The molecular weight excluding hydrogens is 422 g/mol. The lowest BCUT2D eigenvalue weighted by molar-refractivity contribution is 0.329. The van der Waals surface area contributed by atoms with Crippen LogP contribution in [0.5, 0.6) is 0 Å². The molecule has 1 fully saturated rings. The number of rotatable bonds is 5. The summed E-state index contributed by atoms with van der Waals surface area (Å²) in [4.78, 5) is 4.49. The first kappa shape index (κ1) is 21.5. The van der Waals surface area contributed by atoms with E-state index in [0.29, 0.717) is 42.9 Å². The molecule has 0 saturated carbocycles. The van der Waals surface area contributed by atoms with Crippen molar-refractivity contribution in [2.75, 3.05) is 18.4 Å². The fourth-order valence-electron chi connectivity index (χ4n) is 3.70. The number of nitriles is 2. The molecule has 0 bridgehead atoms. The Bertz CT molecular complexity index is 1260. The van der Waals surface area contributed by atoms with Crippen molar-refractivity contribution in [2.24, 2.45) is 0 Å². The molecule has 4 rings (SSSR count). The van der Waals surface area contributed by atoms with Crippen molar-refractivity contribution in [3.8, 4) is 23.3 Å². The van der Waals surface area contributed by atoms with Crippen LogP contribution in [-0.4, -0.2) is 36.8 Å². The number of sulfonamides is 1. The van der Waals surface area contributed by atoms with Gasteiger partial charge in [-0.25, -0.2) is 13.4 Å². The van der Waals surface area contributed by atoms with Crippen molar-refractivity contribution in [2.45, 2.75) is 23.8 Å². The fourth-order valence-corrected chi connectivity index (χ4v) is 5.17. The maximum atomic E-state index is 13.1. The third kappa shape index (κ3) is 4.62. The highest BCUT2D eigenvalue weighted by atomic mass is 32.2. The van der Waals surface area contributed by atoms with Gasteiger partial charge in [-0.15, -0.1) is 0 Å². The van der Waals surface area contributed by atoms with Gasteiger partial charge in [-0.3, -0.25) is 0 Å². The lowest BCUT2D eigenvalue weighted by Crippen LogP contribution is -2.42. The molecule has 8 heteroatoms.